The van der Waals surface area contributed by atoms with Crippen LogP contribution in [0, 0.1) is 0 Å². The van der Waals surface area contributed by atoms with Gasteiger partial charge in [-0.05, 0) is 25.5 Å². The van der Waals surface area contributed by atoms with Gasteiger partial charge in [0.1, 0.15) is 0 Å². The number of morpholine rings is 1. The average molecular weight is 354 g/mol. The Hall–Kier alpha value is -1.06. The van der Waals surface area contributed by atoms with E-state index < -0.39 is 10.2 Å². The molecule has 0 aliphatic carbocycles. The summed E-state index contributed by atoms with van der Waals surface area (Å²) in [6, 6.07) is 3.98. The van der Waals surface area contributed by atoms with E-state index in [4.69, 9.17) is 4.74 Å². The Morgan fingerprint density at radius 3 is 2.38 bits per heavy atom. The number of hydrogen-bond donors (Lipinski definition) is 0. The quantitative estimate of drug-likeness (QED) is 0.790. The molecule has 7 nitrogen and oxygen atoms in total. The van der Waals surface area contributed by atoms with Crippen LogP contribution in [0.4, 0.5) is 0 Å². The average Bonchev–Trinajstić information content (AvgIpc) is 2.55. The molecular formula is C16H26N4O3S. The molecule has 0 aromatic carbocycles. The Morgan fingerprint density at radius 1 is 1.12 bits per heavy atom. The summed E-state index contributed by atoms with van der Waals surface area (Å²) in [7, 11) is -3.40. The van der Waals surface area contributed by atoms with Gasteiger partial charge in [-0.25, -0.2) is 0 Å². The van der Waals surface area contributed by atoms with Gasteiger partial charge in [-0.15, -0.1) is 0 Å². The first-order valence-corrected chi connectivity index (χ1v) is 9.87. The summed E-state index contributed by atoms with van der Waals surface area (Å²) in [5.74, 6) is 0. The Kier molecular flexibility index (Phi) is 5.51. The van der Waals surface area contributed by atoms with Crippen molar-refractivity contribution in [2.75, 3.05) is 39.3 Å². The van der Waals surface area contributed by atoms with E-state index in [-0.39, 0.29) is 12.2 Å². The van der Waals surface area contributed by atoms with Gasteiger partial charge in [0, 0.05) is 58.2 Å². The molecule has 24 heavy (non-hydrogen) atoms. The van der Waals surface area contributed by atoms with Crippen molar-refractivity contribution < 1.29 is 13.2 Å². The van der Waals surface area contributed by atoms with Crippen LogP contribution in [0.1, 0.15) is 19.4 Å². The molecule has 2 atom stereocenters. The van der Waals surface area contributed by atoms with Gasteiger partial charge in [-0.2, -0.15) is 17.0 Å². The molecule has 2 aliphatic rings. The van der Waals surface area contributed by atoms with Crippen molar-refractivity contribution in [3.05, 3.63) is 30.1 Å². The number of nitrogens with zero attached hydrogens (tertiary/aromatic N) is 4. The normalized spacial score (nSPS) is 28.1. The van der Waals surface area contributed by atoms with Crippen molar-refractivity contribution in [1.82, 2.24) is 18.5 Å². The molecule has 134 valence electrons. The van der Waals surface area contributed by atoms with E-state index in [0.29, 0.717) is 26.2 Å². The Morgan fingerprint density at radius 2 is 1.79 bits per heavy atom. The number of hydrogen-bond acceptors (Lipinski definition) is 5. The highest BCUT2D eigenvalue weighted by atomic mass is 32.2. The summed E-state index contributed by atoms with van der Waals surface area (Å²) in [5, 5.41) is 0. The van der Waals surface area contributed by atoms with E-state index in [1.165, 1.54) is 0 Å². The third kappa shape index (κ3) is 4.12. The molecule has 0 amide bonds. The summed E-state index contributed by atoms with van der Waals surface area (Å²) < 4.78 is 34.6. The number of pyridine rings is 1. The first kappa shape index (κ1) is 17.8. The van der Waals surface area contributed by atoms with Crippen LogP contribution in [0.5, 0.6) is 0 Å². The van der Waals surface area contributed by atoms with Gasteiger partial charge in [0.05, 0.1) is 12.2 Å². The fourth-order valence-electron chi connectivity index (χ4n) is 3.35. The minimum Gasteiger partial charge on any atom is -0.373 e. The van der Waals surface area contributed by atoms with Crippen LogP contribution in [-0.2, 0) is 21.5 Å². The lowest BCUT2D eigenvalue weighted by molar-refractivity contribution is -0.0457. The summed E-state index contributed by atoms with van der Waals surface area (Å²) in [6.45, 7) is 8.06. The monoisotopic (exact) mass is 354 g/mol. The van der Waals surface area contributed by atoms with Crippen LogP contribution in [0.15, 0.2) is 24.5 Å². The van der Waals surface area contributed by atoms with E-state index in [1.807, 2.05) is 32.2 Å². The highest BCUT2D eigenvalue weighted by molar-refractivity contribution is 7.86. The zero-order chi connectivity index (χ0) is 17.2. The van der Waals surface area contributed by atoms with Crippen molar-refractivity contribution in [3.63, 3.8) is 0 Å². The van der Waals surface area contributed by atoms with Crippen LogP contribution in [0.25, 0.3) is 0 Å². The highest BCUT2D eigenvalue weighted by Gasteiger charge is 2.36. The largest absolute Gasteiger partial charge is 0.373 e. The van der Waals surface area contributed by atoms with Crippen LogP contribution in [0.3, 0.4) is 0 Å². The van der Waals surface area contributed by atoms with Crippen molar-refractivity contribution in [1.29, 1.82) is 0 Å². The summed E-state index contributed by atoms with van der Waals surface area (Å²) in [4.78, 5) is 6.40. The molecule has 3 rings (SSSR count). The molecule has 0 radical (unpaired) electrons. The third-order valence-corrected chi connectivity index (χ3v) is 6.47. The van der Waals surface area contributed by atoms with Crippen LogP contribution in [-0.4, -0.2) is 78.4 Å². The van der Waals surface area contributed by atoms with Crippen molar-refractivity contribution in [3.8, 4) is 0 Å². The molecule has 2 saturated heterocycles. The molecule has 2 fully saturated rings. The maximum absolute atomic E-state index is 12.9. The Balaban J connectivity index is 1.57. The topological polar surface area (TPSA) is 66.0 Å². The number of rotatable bonds is 4. The van der Waals surface area contributed by atoms with Crippen molar-refractivity contribution in [2.24, 2.45) is 0 Å². The van der Waals surface area contributed by atoms with Gasteiger partial charge in [-0.3, -0.25) is 9.88 Å². The first-order chi connectivity index (χ1) is 11.4. The van der Waals surface area contributed by atoms with Gasteiger partial charge < -0.3 is 4.74 Å². The predicted molar refractivity (Wildman–Crippen MR) is 91.6 cm³/mol. The molecule has 0 bridgehead atoms. The fraction of sp³-hybridized carbons (Fsp3) is 0.688. The minimum atomic E-state index is -3.40. The van der Waals surface area contributed by atoms with Gasteiger partial charge in [0.2, 0.25) is 0 Å². The van der Waals surface area contributed by atoms with E-state index in [1.54, 1.807) is 14.8 Å². The molecule has 0 N–H and O–H groups in total. The summed E-state index contributed by atoms with van der Waals surface area (Å²) >= 11 is 0. The molecule has 1 aromatic heterocycles. The molecule has 8 heteroatoms. The third-order valence-electron chi connectivity index (χ3n) is 4.50. The van der Waals surface area contributed by atoms with E-state index in [2.05, 4.69) is 9.88 Å². The van der Waals surface area contributed by atoms with Crippen molar-refractivity contribution in [2.45, 2.75) is 32.6 Å². The summed E-state index contributed by atoms with van der Waals surface area (Å²) in [6.07, 6.45) is 3.50. The van der Waals surface area contributed by atoms with Gasteiger partial charge in [0.25, 0.3) is 10.2 Å². The smallest absolute Gasteiger partial charge is 0.282 e. The number of piperazine rings is 1. The highest BCUT2D eigenvalue weighted by Crippen LogP contribution is 2.19. The fourth-order valence-corrected chi connectivity index (χ4v) is 5.10. The lowest BCUT2D eigenvalue weighted by Gasteiger charge is -2.40. The Bertz CT molecular complexity index is 622. The first-order valence-electron chi connectivity index (χ1n) is 8.47. The van der Waals surface area contributed by atoms with Crippen LogP contribution in [0.2, 0.25) is 0 Å². The lowest BCUT2D eigenvalue weighted by Crippen LogP contribution is -2.57. The SMILES string of the molecule is CC1CN(S(=O)(=O)N2CCN(Cc3cccnc3)CC2)CC(C)O1. The molecule has 0 spiro atoms. The van der Waals surface area contributed by atoms with Crippen molar-refractivity contribution >= 4 is 10.2 Å². The molecule has 1 aromatic rings. The maximum atomic E-state index is 12.9. The molecular weight excluding hydrogens is 328 g/mol. The second-order valence-electron chi connectivity index (χ2n) is 6.62. The summed E-state index contributed by atoms with van der Waals surface area (Å²) in [5.41, 5.74) is 1.16. The Labute approximate surface area is 144 Å². The standard InChI is InChI=1S/C16H26N4O3S/c1-14-11-20(12-15(2)23-14)24(21,22)19-8-6-18(7-9-19)13-16-4-3-5-17-10-16/h3-5,10,14-15H,6-9,11-13H2,1-2H3. The number of aromatic nitrogens is 1. The zero-order valence-electron chi connectivity index (χ0n) is 14.3. The maximum Gasteiger partial charge on any atom is 0.282 e. The second-order valence-corrected chi connectivity index (χ2v) is 8.55. The molecule has 3 heterocycles. The molecule has 2 aliphatic heterocycles. The van der Waals surface area contributed by atoms with Crippen LogP contribution < -0.4 is 0 Å². The van der Waals surface area contributed by atoms with E-state index in [9.17, 15) is 8.42 Å². The number of ether oxygens (including phenoxy) is 1. The van der Waals surface area contributed by atoms with Crippen LogP contribution >= 0.6 is 0 Å². The minimum absolute atomic E-state index is 0.0598. The van der Waals surface area contributed by atoms with Gasteiger partial charge >= 0.3 is 0 Å². The molecule has 2 unspecified atom stereocenters. The second kappa shape index (κ2) is 7.45. The van der Waals surface area contributed by atoms with E-state index >= 15 is 0 Å². The predicted octanol–water partition coefficient (Wildman–Crippen LogP) is 0.553. The van der Waals surface area contributed by atoms with E-state index in [0.717, 1.165) is 25.2 Å². The van der Waals surface area contributed by atoms with Gasteiger partial charge in [-0.1, -0.05) is 6.07 Å². The lowest BCUT2D eigenvalue weighted by atomic mass is 10.2. The molecule has 0 saturated carbocycles. The van der Waals surface area contributed by atoms with Gasteiger partial charge in [0.15, 0.2) is 0 Å². The zero-order valence-corrected chi connectivity index (χ0v) is 15.2.